The number of phenolic OH excluding ortho intramolecular Hbond substituents is 2. The quantitative estimate of drug-likeness (QED) is 0.381. The average Bonchev–Trinajstić information content (AvgIpc) is 2.80. The second kappa shape index (κ2) is 9.72. The zero-order valence-corrected chi connectivity index (χ0v) is 17.1. The van der Waals surface area contributed by atoms with E-state index in [0.717, 1.165) is 22.3 Å². The standard InChI is InChI=1S/C27H24O4/c28-24-13-11-23(27(16-24)31-19-21-9-5-2-6-10-21)15-22-12-14-25(17-26(22)29)30-18-20-7-3-1-4-8-20/h1-14,16-17,28-29H,15,18-19H2. The molecule has 0 bridgehead atoms. The maximum absolute atomic E-state index is 10.5. The van der Waals surface area contributed by atoms with E-state index in [-0.39, 0.29) is 11.5 Å². The van der Waals surface area contributed by atoms with E-state index in [0.29, 0.717) is 31.1 Å². The van der Waals surface area contributed by atoms with Crippen LogP contribution in [0.3, 0.4) is 0 Å². The first kappa shape index (κ1) is 20.4. The van der Waals surface area contributed by atoms with Crippen LogP contribution in [-0.2, 0) is 19.6 Å². The molecular weight excluding hydrogens is 388 g/mol. The van der Waals surface area contributed by atoms with Crippen molar-refractivity contribution < 1.29 is 19.7 Å². The number of ether oxygens (including phenoxy) is 2. The molecule has 0 saturated carbocycles. The van der Waals surface area contributed by atoms with Gasteiger partial charge in [0.15, 0.2) is 0 Å². The molecule has 0 amide bonds. The molecule has 31 heavy (non-hydrogen) atoms. The Kier molecular flexibility index (Phi) is 6.38. The third kappa shape index (κ3) is 5.58. The average molecular weight is 412 g/mol. The highest BCUT2D eigenvalue weighted by atomic mass is 16.5. The molecule has 4 heteroatoms. The SMILES string of the molecule is Oc1ccc(Cc2ccc(OCc3ccccc3)cc2O)c(OCc2ccccc2)c1. The molecule has 0 aromatic heterocycles. The zero-order valence-electron chi connectivity index (χ0n) is 17.1. The predicted molar refractivity (Wildman–Crippen MR) is 121 cm³/mol. The Morgan fingerprint density at radius 2 is 1.19 bits per heavy atom. The summed E-state index contributed by atoms with van der Waals surface area (Å²) in [6.07, 6.45) is 0.467. The van der Waals surface area contributed by atoms with Crippen LogP contribution in [0.5, 0.6) is 23.0 Å². The molecule has 0 spiro atoms. The minimum atomic E-state index is 0.140. The smallest absolute Gasteiger partial charge is 0.127 e. The highest BCUT2D eigenvalue weighted by Crippen LogP contribution is 2.31. The number of aromatic hydroxyl groups is 2. The van der Waals surface area contributed by atoms with Gasteiger partial charge in [0.1, 0.15) is 36.2 Å². The molecule has 4 rings (SSSR count). The van der Waals surface area contributed by atoms with Gasteiger partial charge in [-0.15, -0.1) is 0 Å². The predicted octanol–water partition coefficient (Wildman–Crippen LogP) is 5.85. The third-order valence-corrected chi connectivity index (χ3v) is 4.97. The molecule has 4 nitrogen and oxygen atoms in total. The summed E-state index contributed by atoms with van der Waals surface area (Å²) in [7, 11) is 0. The largest absolute Gasteiger partial charge is 0.508 e. The number of phenols is 2. The van der Waals surface area contributed by atoms with E-state index in [1.165, 1.54) is 0 Å². The normalized spacial score (nSPS) is 10.6. The van der Waals surface area contributed by atoms with Gasteiger partial charge in [-0.05, 0) is 34.4 Å². The van der Waals surface area contributed by atoms with Crippen LogP contribution >= 0.6 is 0 Å². The second-order valence-electron chi connectivity index (χ2n) is 7.31. The van der Waals surface area contributed by atoms with Gasteiger partial charge in [0.05, 0.1) is 0 Å². The van der Waals surface area contributed by atoms with Crippen molar-refractivity contribution in [1.82, 2.24) is 0 Å². The number of hydrogen-bond donors (Lipinski definition) is 2. The van der Waals surface area contributed by atoms with Crippen LogP contribution in [0, 0.1) is 0 Å². The van der Waals surface area contributed by atoms with Gasteiger partial charge in [-0.1, -0.05) is 72.8 Å². The van der Waals surface area contributed by atoms with E-state index in [1.807, 2.05) is 78.9 Å². The van der Waals surface area contributed by atoms with Gasteiger partial charge in [0.25, 0.3) is 0 Å². The Balaban J connectivity index is 1.45. The Morgan fingerprint density at radius 1 is 0.581 bits per heavy atom. The highest BCUT2D eigenvalue weighted by Gasteiger charge is 2.11. The van der Waals surface area contributed by atoms with Crippen LogP contribution in [-0.4, -0.2) is 10.2 Å². The van der Waals surface area contributed by atoms with Crippen LogP contribution < -0.4 is 9.47 Å². The zero-order chi connectivity index (χ0) is 21.5. The lowest BCUT2D eigenvalue weighted by molar-refractivity contribution is 0.301. The summed E-state index contributed by atoms with van der Waals surface area (Å²) in [5, 5.41) is 20.4. The van der Waals surface area contributed by atoms with E-state index >= 15 is 0 Å². The third-order valence-electron chi connectivity index (χ3n) is 4.97. The number of hydrogen-bond acceptors (Lipinski definition) is 4. The van der Waals surface area contributed by atoms with Gasteiger partial charge in [-0.25, -0.2) is 0 Å². The van der Waals surface area contributed by atoms with Gasteiger partial charge < -0.3 is 19.7 Å². The Labute approximate surface area is 182 Å². The van der Waals surface area contributed by atoms with Crippen molar-refractivity contribution in [3.8, 4) is 23.0 Å². The molecule has 4 aromatic rings. The molecule has 0 atom stereocenters. The van der Waals surface area contributed by atoms with Gasteiger partial charge in [-0.2, -0.15) is 0 Å². The van der Waals surface area contributed by atoms with Crippen molar-refractivity contribution in [3.63, 3.8) is 0 Å². The minimum absolute atomic E-state index is 0.140. The molecule has 0 aliphatic rings. The molecular formula is C27H24O4. The fraction of sp³-hybridized carbons (Fsp3) is 0.111. The maximum Gasteiger partial charge on any atom is 0.127 e. The highest BCUT2D eigenvalue weighted by molar-refractivity contribution is 5.47. The van der Waals surface area contributed by atoms with E-state index in [4.69, 9.17) is 9.47 Å². The molecule has 0 radical (unpaired) electrons. The summed E-state index contributed by atoms with van der Waals surface area (Å²) in [5.41, 5.74) is 3.74. The van der Waals surface area contributed by atoms with Crippen molar-refractivity contribution >= 4 is 0 Å². The van der Waals surface area contributed by atoms with E-state index in [2.05, 4.69) is 0 Å². The number of rotatable bonds is 8. The maximum atomic E-state index is 10.5. The monoisotopic (exact) mass is 412 g/mol. The van der Waals surface area contributed by atoms with Crippen LogP contribution in [0.4, 0.5) is 0 Å². The molecule has 0 aliphatic carbocycles. The molecule has 2 N–H and O–H groups in total. The summed E-state index contributed by atoms with van der Waals surface area (Å²) < 4.78 is 11.7. The first-order valence-corrected chi connectivity index (χ1v) is 10.1. The summed E-state index contributed by atoms with van der Waals surface area (Å²) in [6, 6.07) is 30.1. The lowest BCUT2D eigenvalue weighted by atomic mass is 10.0. The Morgan fingerprint density at radius 3 is 1.84 bits per heavy atom. The molecule has 0 unspecified atom stereocenters. The van der Waals surface area contributed by atoms with E-state index in [9.17, 15) is 10.2 Å². The summed E-state index contributed by atoms with van der Waals surface area (Å²) in [6.45, 7) is 0.838. The van der Waals surface area contributed by atoms with Gasteiger partial charge >= 0.3 is 0 Å². The van der Waals surface area contributed by atoms with Gasteiger partial charge in [0, 0.05) is 18.6 Å². The summed E-state index contributed by atoms with van der Waals surface area (Å²) in [5.74, 6) is 1.50. The fourth-order valence-corrected chi connectivity index (χ4v) is 3.29. The van der Waals surface area contributed by atoms with Crippen LogP contribution in [0.2, 0.25) is 0 Å². The van der Waals surface area contributed by atoms with E-state index < -0.39 is 0 Å². The topological polar surface area (TPSA) is 58.9 Å². The molecule has 0 saturated heterocycles. The van der Waals surface area contributed by atoms with Crippen molar-refractivity contribution in [1.29, 1.82) is 0 Å². The molecule has 0 aliphatic heterocycles. The lowest BCUT2D eigenvalue weighted by Gasteiger charge is -2.14. The summed E-state index contributed by atoms with van der Waals surface area (Å²) >= 11 is 0. The van der Waals surface area contributed by atoms with Crippen LogP contribution in [0.1, 0.15) is 22.3 Å². The minimum Gasteiger partial charge on any atom is -0.508 e. The molecule has 4 aromatic carbocycles. The summed E-state index contributed by atoms with van der Waals surface area (Å²) in [4.78, 5) is 0. The van der Waals surface area contributed by atoms with Gasteiger partial charge in [-0.3, -0.25) is 0 Å². The van der Waals surface area contributed by atoms with Crippen LogP contribution in [0.25, 0.3) is 0 Å². The molecule has 156 valence electrons. The van der Waals surface area contributed by atoms with Crippen molar-refractivity contribution in [2.45, 2.75) is 19.6 Å². The molecule has 0 heterocycles. The van der Waals surface area contributed by atoms with Crippen molar-refractivity contribution in [2.24, 2.45) is 0 Å². The van der Waals surface area contributed by atoms with E-state index in [1.54, 1.807) is 18.2 Å². The molecule has 0 fully saturated rings. The van der Waals surface area contributed by atoms with Crippen molar-refractivity contribution in [2.75, 3.05) is 0 Å². The van der Waals surface area contributed by atoms with Gasteiger partial charge in [0.2, 0.25) is 0 Å². The van der Waals surface area contributed by atoms with Crippen molar-refractivity contribution in [3.05, 3.63) is 119 Å². The fourth-order valence-electron chi connectivity index (χ4n) is 3.29. The second-order valence-corrected chi connectivity index (χ2v) is 7.31. The first-order chi connectivity index (χ1) is 15.2. The first-order valence-electron chi connectivity index (χ1n) is 10.1. The Hall–Kier alpha value is -3.92. The Bertz CT molecular complexity index is 1120. The lowest BCUT2D eigenvalue weighted by Crippen LogP contribution is -2.00. The van der Waals surface area contributed by atoms with Crippen LogP contribution in [0.15, 0.2) is 97.1 Å². The number of benzene rings is 4.